The van der Waals surface area contributed by atoms with E-state index in [1.54, 1.807) is 32.4 Å². The van der Waals surface area contributed by atoms with Gasteiger partial charge >= 0.3 is 0 Å². The largest absolute Gasteiger partial charge is 0.497 e. The van der Waals surface area contributed by atoms with Crippen molar-refractivity contribution in [3.8, 4) is 5.75 Å². The van der Waals surface area contributed by atoms with E-state index in [4.69, 9.17) is 9.47 Å². The molecule has 0 aromatic heterocycles. The van der Waals surface area contributed by atoms with Gasteiger partial charge in [-0.05, 0) is 24.1 Å². The van der Waals surface area contributed by atoms with Crippen molar-refractivity contribution >= 4 is 35.8 Å². The third-order valence-electron chi connectivity index (χ3n) is 5.02. The highest BCUT2D eigenvalue weighted by Gasteiger charge is 2.23. The van der Waals surface area contributed by atoms with Gasteiger partial charge in [-0.2, -0.15) is 0 Å². The molecule has 9 heteroatoms. The van der Waals surface area contributed by atoms with Gasteiger partial charge in [0.2, 0.25) is 0 Å². The van der Waals surface area contributed by atoms with Crippen molar-refractivity contribution in [1.29, 1.82) is 0 Å². The number of ether oxygens (including phenoxy) is 2. The third-order valence-corrected chi connectivity index (χ3v) is 5.02. The van der Waals surface area contributed by atoms with E-state index in [0.29, 0.717) is 36.4 Å². The fraction of sp³-hybridized carbons (Fsp3) is 0.619. The van der Waals surface area contributed by atoms with Crippen molar-refractivity contribution in [3.05, 3.63) is 29.8 Å². The van der Waals surface area contributed by atoms with Gasteiger partial charge in [-0.15, -0.1) is 24.0 Å². The second-order valence-electron chi connectivity index (χ2n) is 7.33. The average Bonchev–Trinajstić information content (AvgIpc) is 2.75. The molecule has 1 heterocycles. The summed E-state index contributed by atoms with van der Waals surface area (Å²) >= 11 is 0. The monoisotopic (exact) mass is 533 g/mol. The highest BCUT2D eigenvalue weighted by Crippen LogP contribution is 2.13. The minimum absolute atomic E-state index is 0. The summed E-state index contributed by atoms with van der Waals surface area (Å²) in [6.45, 7) is 9.89. The van der Waals surface area contributed by atoms with Crippen molar-refractivity contribution < 1.29 is 14.3 Å². The molecule has 3 N–H and O–H groups in total. The van der Waals surface area contributed by atoms with E-state index >= 15 is 0 Å². The molecule has 0 aliphatic carbocycles. The Labute approximate surface area is 197 Å². The zero-order valence-corrected chi connectivity index (χ0v) is 20.8. The van der Waals surface area contributed by atoms with Gasteiger partial charge in [-0.3, -0.25) is 14.7 Å². The maximum absolute atomic E-state index is 12.2. The van der Waals surface area contributed by atoms with Crippen molar-refractivity contribution in [2.45, 2.75) is 19.9 Å². The van der Waals surface area contributed by atoms with Gasteiger partial charge in [0.15, 0.2) is 5.96 Å². The van der Waals surface area contributed by atoms with E-state index < -0.39 is 0 Å². The van der Waals surface area contributed by atoms with Crippen molar-refractivity contribution in [3.63, 3.8) is 0 Å². The Morgan fingerprint density at radius 3 is 2.53 bits per heavy atom. The van der Waals surface area contributed by atoms with E-state index in [9.17, 15) is 4.79 Å². The Hall–Kier alpha value is -1.59. The molecule has 2 rings (SSSR count). The van der Waals surface area contributed by atoms with E-state index in [-0.39, 0.29) is 29.9 Å². The molecule has 1 amide bonds. The lowest BCUT2D eigenvalue weighted by Gasteiger charge is -2.37. The summed E-state index contributed by atoms with van der Waals surface area (Å²) in [5.41, 5.74) is 0.581. The van der Waals surface area contributed by atoms with Crippen LogP contribution in [0.1, 0.15) is 24.2 Å². The molecule has 1 aliphatic heterocycles. The Balaban J connectivity index is 0.00000450. The summed E-state index contributed by atoms with van der Waals surface area (Å²) in [5, 5.41) is 9.57. The highest BCUT2D eigenvalue weighted by atomic mass is 127. The fourth-order valence-electron chi connectivity index (χ4n) is 3.34. The smallest absolute Gasteiger partial charge is 0.251 e. The maximum Gasteiger partial charge on any atom is 0.251 e. The number of guanidine groups is 1. The highest BCUT2D eigenvalue weighted by molar-refractivity contribution is 14.0. The summed E-state index contributed by atoms with van der Waals surface area (Å²) in [6, 6.07) is 7.53. The predicted molar refractivity (Wildman–Crippen MR) is 131 cm³/mol. The minimum atomic E-state index is -0.124. The normalized spacial score (nSPS) is 15.8. The van der Waals surface area contributed by atoms with Crippen LogP contribution in [0.25, 0.3) is 0 Å². The van der Waals surface area contributed by atoms with Crippen LogP contribution in [-0.4, -0.2) is 82.9 Å². The first-order valence-corrected chi connectivity index (χ1v) is 10.2. The molecule has 1 saturated heterocycles. The zero-order valence-electron chi connectivity index (χ0n) is 18.4. The molecule has 30 heavy (non-hydrogen) atoms. The van der Waals surface area contributed by atoms with Crippen LogP contribution in [0.2, 0.25) is 0 Å². The number of nitrogens with zero attached hydrogens (tertiary/aromatic N) is 2. The van der Waals surface area contributed by atoms with Crippen LogP contribution in [-0.2, 0) is 4.74 Å². The number of rotatable bonds is 9. The van der Waals surface area contributed by atoms with Crippen LogP contribution in [0.4, 0.5) is 0 Å². The van der Waals surface area contributed by atoms with Crippen molar-refractivity contribution in [1.82, 2.24) is 20.9 Å². The van der Waals surface area contributed by atoms with Gasteiger partial charge < -0.3 is 25.4 Å². The topological polar surface area (TPSA) is 87.2 Å². The molecule has 1 aliphatic rings. The number of methoxy groups -OCH3 is 1. The standard InChI is InChI=1S/C21H35N5O3.HI/c1-16(2)19(26-10-12-29-13-11-26)15-25-21(22-3)24-9-8-23-20(27)17-6-5-7-18(14-17)28-4;/h5-7,14,16,19H,8-13,15H2,1-4H3,(H,23,27)(H2,22,24,25);1H. The number of hydrogen-bond donors (Lipinski definition) is 3. The molecule has 1 aromatic carbocycles. The van der Waals surface area contributed by atoms with Gasteiger partial charge in [0.1, 0.15) is 5.75 Å². The first kappa shape index (κ1) is 26.4. The molecule has 8 nitrogen and oxygen atoms in total. The lowest BCUT2D eigenvalue weighted by Crippen LogP contribution is -2.53. The fourth-order valence-corrected chi connectivity index (χ4v) is 3.34. The summed E-state index contributed by atoms with van der Waals surface area (Å²) in [4.78, 5) is 19.0. The summed E-state index contributed by atoms with van der Waals surface area (Å²) in [5.74, 6) is 1.81. The van der Waals surface area contributed by atoms with Crippen LogP contribution >= 0.6 is 24.0 Å². The van der Waals surface area contributed by atoms with Gasteiger partial charge in [0, 0.05) is 51.4 Å². The number of benzene rings is 1. The quantitative estimate of drug-likeness (QED) is 0.193. The third kappa shape index (κ3) is 8.65. The van der Waals surface area contributed by atoms with E-state index in [2.05, 4.69) is 39.7 Å². The summed E-state index contributed by atoms with van der Waals surface area (Å²) in [7, 11) is 3.34. The predicted octanol–water partition coefficient (Wildman–Crippen LogP) is 1.56. The minimum Gasteiger partial charge on any atom is -0.497 e. The number of nitrogens with one attached hydrogen (secondary N) is 3. The zero-order chi connectivity index (χ0) is 21.1. The number of aliphatic imine (C=N–C) groups is 1. The lowest BCUT2D eigenvalue weighted by atomic mass is 10.0. The van der Waals surface area contributed by atoms with Gasteiger partial charge in [0.05, 0.1) is 20.3 Å². The van der Waals surface area contributed by atoms with Crippen molar-refractivity contribution in [2.75, 3.05) is 60.1 Å². The molecule has 1 atom stereocenters. The first-order chi connectivity index (χ1) is 14.0. The molecular weight excluding hydrogens is 497 g/mol. The molecule has 0 bridgehead atoms. The number of halogens is 1. The molecule has 1 unspecified atom stereocenters. The molecule has 1 aromatic rings. The number of carbonyl (C=O) groups excluding carboxylic acids is 1. The second kappa shape index (κ2) is 14.4. The molecular formula is C21H36IN5O3. The van der Waals surface area contributed by atoms with E-state index in [1.165, 1.54) is 0 Å². The van der Waals surface area contributed by atoms with Gasteiger partial charge in [-0.25, -0.2) is 0 Å². The second-order valence-corrected chi connectivity index (χ2v) is 7.33. The Morgan fingerprint density at radius 2 is 1.90 bits per heavy atom. The number of amides is 1. The average molecular weight is 533 g/mol. The van der Waals surface area contributed by atoms with E-state index in [0.717, 1.165) is 38.8 Å². The Bertz CT molecular complexity index is 666. The molecule has 170 valence electrons. The first-order valence-electron chi connectivity index (χ1n) is 10.2. The number of hydrogen-bond acceptors (Lipinski definition) is 5. The SMILES string of the molecule is CN=C(NCCNC(=O)c1cccc(OC)c1)NCC(C(C)C)N1CCOCC1.I. The molecule has 0 saturated carbocycles. The van der Waals surface area contributed by atoms with Crippen molar-refractivity contribution in [2.24, 2.45) is 10.9 Å². The van der Waals surface area contributed by atoms with Crippen LogP contribution in [0, 0.1) is 5.92 Å². The van der Waals surface area contributed by atoms with Crippen LogP contribution in [0.3, 0.4) is 0 Å². The van der Waals surface area contributed by atoms with E-state index in [1.807, 2.05) is 6.07 Å². The molecule has 0 spiro atoms. The summed E-state index contributed by atoms with van der Waals surface area (Å²) in [6.07, 6.45) is 0. The van der Waals surface area contributed by atoms with Gasteiger partial charge in [-0.1, -0.05) is 19.9 Å². The maximum atomic E-state index is 12.2. The summed E-state index contributed by atoms with van der Waals surface area (Å²) < 4.78 is 10.6. The Kier molecular flexibility index (Phi) is 12.7. The Morgan fingerprint density at radius 1 is 1.20 bits per heavy atom. The lowest BCUT2D eigenvalue weighted by molar-refractivity contribution is 0.00752. The number of carbonyl (C=O) groups is 1. The van der Waals surface area contributed by atoms with Crippen LogP contribution in [0.15, 0.2) is 29.3 Å². The molecule has 0 radical (unpaired) electrons. The number of morpholine rings is 1. The van der Waals surface area contributed by atoms with Gasteiger partial charge in [0.25, 0.3) is 5.91 Å². The molecule has 1 fully saturated rings. The van der Waals surface area contributed by atoms with Crippen LogP contribution in [0.5, 0.6) is 5.75 Å². The van der Waals surface area contributed by atoms with Crippen LogP contribution < -0.4 is 20.7 Å².